The molecule has 0 spiro atoms. The van der Waals surface area contributed by atoms with E-state index in [0.29, 0.717) is 44.0 Å². The lowest BCUT2D eigenvalue weighted by Crippen LogP contribution is -2.67. The van der Waals surface area contributed by atoms with Gasteiger partial charge in [0.1, 0.15) is 0 Å². The second-order valence-corrected chi connectivity index (χ2v) is 9.04. The number of pyridine rings is 1. The molecule has 1 aromatic heterocycles. The summed E-state index contributed by atoms with van der Waals surface area (Å²) >= 11 is 0. The SMILES string of the molecule is CCCC(=O)NC[C@H]1[C@H]2C[C@H](CN(C(=O)c3cnccc3C)C2)[C@@H]2CCCC(=O)N21. The van der Waals surface area contributed by atoms with E-state index in [9.17, 15) is 14.4 Å². The van der Waals surface area contributed by atoms with Crippen LogP contribution in [0.2, 0.25) is 0 Å². The fourth-order valence-corrected chi connectivity index (χ4v) is 5.60. The Hall–Kier alpha value is -2.44. The Balaban J connectivity index is 1.56. The van der Waals surface area contributed by atoms with Gasteiger partial charge in [-0.2, -0.15) is 0 Å². The first-order valence-electron chi connectivity index (χ1n) is 11.3. The molecule has 3 saturated heterocycles. The van der Waals surface area contributed by atoms with Crippen molar-refractivity contribution in [2.45, 2.75) is 64.5 Å². The van der Waals surface area contributed by atoms with Crippen LogP contribution in [0, 0.1) is 18.8 Å². The lowest BCUT2D eigenvalue weighted by molar-refractivity contribution is -0.152. The number of aryl methyl sites for hydroxylation is 1. The molecule has 7 heteroatoms. The van der Waals surface area contributed by atoms with Crippen molar-refractivity contribution < 1.29 is 14.4 Å². The molecule has 0 unspecified atom stereocenters. The molecular formula is C23H32N4O3. The Morgan fingerprint density at radius 2 is 2.07 bits per heavy atom. The molecule has 0 saturated carbocycles. The fourth-order valence-electron chi connectivity index (χ4n) is 5.60. The van der Waals surface area contributed by atoms with Gasteiger partial charge in [0.25, 0.3) is 5.91 Å². The number of fused-ring (bicyclic) bond motifs is 4. The third kappa shape index (κ3) is 3.94. The van der Waals surface area contributed by atoms with E-state index in [0.717, 1.165) is 31.2 Å². The summed E-state index contributed by atoms with van der Waals surface area (Å²) in [4.78, 5) is 46.4. The van der Waals surface area contributed by atoms with Gasteiger partial charge in [-0.1, -0.05) is 6.92 Å². The number of aromatic nitrogens is 1. The van der Waals surface area contributed by atoms with E-state index in [2.05, 4.69) is 15.2 Å². The fraction of sp³-hybridized carbons (Fsp3) is 0.652. The normalized spacial score (nSPS) is 28.1. The highest BCUT2D eigenvalue weighted by atomic mass is 16.2. The maximum atomic E-state index is 13.3. The van der Waals surface area contributed by atoms with Crippen molar-refractivity contribution in [2.24, 2.45) is 11.8 Å². The summed E-state index contributed by atoms with van der Waals surface area (Å²) in [5.41, 5.74) is 1.59. The smallest absolute Gasteiger partial charge is 0.255 e. The van der Waals surface area contributed by atoms with Crippen LogP contribution < -0.4 is 5.32 Å². The second kappa shape index (κ2) is 8.74. The van der Waals surface area contributed by atoms with Crippen molar-refractivity contribution in [3.05, 3.63) is 29.6 Å². The number of nitrogens with one attached hydrogen (secondary N) is 1. The number of carbonyl (C=O) groups excluding carboxylic acids is 3. The zero-order valence-corrected chi connectivity index (χ0v) is 18.0. The van der Waals surface area contributed by atoms with Crippen LogP contribution in [0.4, 0.5) is 0 Å². The third-order valence-electron chi connectivity index (χ3n) is 7.04. The minimum atomic E-state index is -0.0366. The third-order valence-corrected chi connectivity index (χ3v) is 7.04. The van der Waals surface area contributed by atoms with E-state index >= 15 is 0 Å². The first kappa shape index (κ1) is 20.8. The van der Waals surface area contributed by atoms with Crippen molar-refractivity contribution in [3.8, 4) is 0 Å². The molecule has 3 amide bonds. The van der Waals surface area contributed by atoms with Crippen LogP contribution in [-0.4, -0.2) is 64.2 Å². The van der Waals surface area contributed by atoms with Crippen LogP contribution >= 0.6 is 0 Å². The van der Waals surface area contributed by atoms with Gasteiger partial charge in [0.15, 0.2) is 0 Å². The monoisotopic (exact) mass is 412 g/mol. The molecule has 1 N–H and O–H groups in total. The number of carbonyl (C=O) groups is 3. The Kier molecular flexibility index (Phi) is 6.06. The minimum Gasteiger partial charge on any atom is -0.354 e. The van der Waals surface area contributed by atoms with Crippen molar-refractivity contribution in [3.63, 3.8) is 0 Å². The number of rotatable bonds is 5. The Labute approximate surface area is 178 Å². The molecule has 0 radical (unpaired) electrons. The highest BCUT2D eigenvalue weighted by molar-refractivity contribution is 5.95. The topological polar surface area (TPSA) is 82.6 Å². The molecule has 4 rings (SSSR count). The van der Waals surface area contributed by atoms with E-state index in [-0.39, 0.29) is 35.7 Å². The molecule has 30 heavy (non-hydrogen) atoms. The number of amides is 3. The molecule has 3 aliphatic rings. The van der Waals surface area contributed by atoms with Crippen molar-refractivity contribution in [1.82, 2.24) is 20.1 Å². The van der Waals surface area contributed by atoms with Crippen molar-refractivity contribution >= 4 is 17.7 Å². The lowest BCUT2D eigenvalue weighted by atomic mass is 9.72. The summed E-state index contributed by atoms with van der Waals surface area (Å²) in [7, 11) is 0. The van der Waals surface area contributed by atoms with E-state index < -0.39 is 0 Å². The zero-order valence-electron chi connectivity index (χ0n) is 18.0. The average molecular weight is 413 g/mol. The van der Waals surface area contributed by atoms with Gasteiger partial charge in [0.2, 0.25) is 11.8 Å². The van der Waals surface area contributed by atoms with E-state index in [1.807, 2.05) is 24.8 Å². The van der Waals surface area contributed by atoms with Gasteiger partial charge in [-0.3, -0.25) is 19.4 Å². The van der Waals surface area contributed by atoms with Gasteiger partial charge in [-0.25, -0.2) is 0 Å². The zero-order chi connectivity index (χ0) is 21.3. The molecule has 3 fully saturated rings. The predicted octanol–water partition coefficient (Wildman–Crippen LogP) is 2.15. The highest BCUT2D eigenvalue weighted by Gasteiger charge is 2.50. The summed E-state index contributed by atoms with van der Waals surface area (Å²) < 4.78 is 0. The standard InChI is InChI=1S/C23H32N4O3/c1-3-5-21(28)25-12-20-17-10-16(19-6-4-7-22(29)27(19)20)13-26(14-17)23(30)18-11-24-9-8-15(18)2/h8-9,11,16-17,19-20H,3-7,10,12-14H2,1-2H3,(H,25,28)/t16-,17+,19+,20+/m1/s1. The van der Waals surface area contributed by atoms with E-state index in [4.69, 9.17) is 0 Å². The first-order valence-corrected chi connectivity index (χ1v) is 11.3. The number of piperidine rings is 3. The first-order chi connectivity index (χ1) is 14.5. The van der Waals surface area contributed by atoms with Gasteiger partial charge in [-0.15, -0.1) is 0 Å². The molecule has 0 aliphatic carbocycles. The van der Waals surface area contributed by atoms with Gasteiger partial charge in [0.05, 0.1) is 11.6 Å². The van der Waals surface area contributed by atoms with Crippen LogP contribution in [0.3, 0.4) is 0 Å². The van der Waals surface area contributed by atoms with Crippen LogP contribution in [-0.2, 0) is 9.59 Å². The highest BCUT2D eigenvalue weighted by Crippen LogP contribution is 2.41. The van der Waals surface area contributed by atoms with Crippen LogP contribution in [0.15, 0.2) is 18.5 Å². The lowest BCUT2D eigenvalue weighted by Gasteiger charge is -2.56. The number of hydrogen-bond acceptors (Lipinski definition) is 4. The van der Waals surface area contributed by atoms with Gasteiger partial charge < -0.3 is 15.1 Å². The van der Waals surface area contributed by atoms with Gasteiger partial charge in [-0.05, 0) is 56.1 Å². The molecule has 4 atom stereocenters. The number of hydrogen-bond donors (Lipinski definition) is 1. The maximum Gasteiger partial charge on any atom is 0.255 e. The molecule has 2 bridgehead atoms. The van der Waals surface area contributed by atoms with Gasteiger partial charge >= 0.3 is 0 Å². The van der Waals surface area contributed by atoms with Gasteiger partial charge in [0, 0.05) is 50.9 Å². The summed E-state index contributed by atoms with van der Waals surface area (Å²) in [5.74, 6) is 0.759. The summed E-state index contributed by atoms with van der Waals surface area (Å²) in [5, 5.41) is 3.05. The van der Waals surface area contributed by atoms with Crippen molar-refractivity contribution in [2.75, 3.05) is 19.6 Å². The number of nitrogens with zero attached hydrogens (tertiary/aromatic N) is 3. The predicted molar refractivity (Wildman–Crippen MR) is 113 cm³/mol. The molecule has 4 heterocycles. The summed E-state index contributed by atoms with van der Waals surface area (Å²) in [6.45, 7) is 5.71. The van der Waals surface area contributed by atoms with Crippen LogP contribution in [0.25, 0.3) is 0 Å². The van der Waals surface area contributed by atoms with E-state index in [1.54, 1.807) is 12.4 Å². The van der Waals surface area contributed by atoms with E-state index in [1.165, 1.54) is 0 Å². The Bertz CT molecular complexity index is 826. The van der Waals surface area contributed by atoms with Crippen molar-refractivity contribution in [1.29, 1.82) is 0 Å². The second-order valence-electron chi connectivity index (χ2n) is 9.04. The Morgan fingerprint density at radius 1 is 1.27 bits per heavy atom. The molecular weight excluding hydrogens is 380 g/mol. The summed E-state index contributed by atoms with van der Waals surface area (Å²) in [6.07, 6.45) is 8.16. The Morgan fingerprint density at radius 3 is 2.83 bits per heavy atom. The largest absolute Gasteiger partial charge is 0.354 e. The summed E-state index contributed by atoms with van der Waals surface area (Å²) in [6, 6.07) is 2.00. The number of likely N-dealkylation sites (tertiary alicyclic amines) is 1. The molecule has 3 aliphatic heterocycles. The minimum absolute atomic E-state index is 0.0275. The molecule has 162 valence electrons. The quantitative estimate of drug-likeness (QED) is 0.803. The molecule has 0 aromatic carbocycles. The average Bonchev–Trinajstić information content (AvgIpc) is 2.74. The molecule has 7 nitrogen and oxygen atoms in total. The van der Waals surface area contributed by atoms with Crippen LogP contribution in [0.5, 0.6) is 0 Å². The maximum absolute atomic E-state index is 13.3. The molecule has 1 aromatic rings. The van der Waals surface area contributed by atoms with Crippen LogP contribution in [0.1, 0.15) is 61.4 Å².